The van der Waals surface area contributed by atoms with Crippen LogP contribution < -0.4 is 0 Å². The molecule has 232 valence electrons. The second kappa shape index (κ2) is 27.2. The summed E-state index contributed by atoms with van der Waals surface area (Å²) < 4.78 is 0. The third-order valence-electron chi connectivity index (χ3n) is 4.08. The highest BCUT2D eigenvalue weighted by Gasteiger charge is 2.29. The van der Waals surface area contributed by atoms with E-state index < -0.39 is 93.6 Å². The Morgan fingerprint density at radius 2 is 0.632 bits per heavy atom. The minimum absolute atomic E-state index is 0.0258. The molecule has 0 saturated carbocycles. The third kappa shape index (κ3) is 21.6. The summed E-state index contributed by atoms with van der Waals surface area (Å²) in [5, 5.41) is 144. The first kappa shape index (κ1) is 43.7. The minimum atomic E-state index is -1.79. The van der Waals surface area contributed by atoms with Crippen LogP contribution in [0.2, 0.25) is 0 Å². The van der Waals surface area contributed by atoms with Crippen molar-refractivity contribution < 1.29 is 96.4 Å². The highest BCUT2D eigenvalue weighted by molar-refractivity contribution is 5.57. The van der Waals surface area contributed by atoms with E-state index in [1.807, 2.05) is 0 Å². The van der Waals surface area contributed by atoms with Crippen LogP contribution in [0.5, 0.6) is 0 Å². The predicted molar refractivity (Wildman–Crippen MR) is 121 cm³/mol. The van der Waals surface area contributed by atoms with Gasteiger partial charge < -0.3 is 96.4 Å². The van der Waals surface area contributed by atoms with E-state index in [0.29, 0.717) is 0 Å². The molecule has 0 aliphatic heterocycles. The highest BCUT2D eigenvalue weighted by atomic mass is 16.4. The van der Waals surface area contributed by atoms with Crippen molar-refractivity contribution in [2.24, 2.45) is 0 Å². The molecule has 0 aromatic carbocycles. The van der Waals surface area contributed by atoms with Gasteiger partial charge in [0.1, 0.15) is 67.1 Å². The Bertz CT molecular complexity index is 514. The van der Waals surface area contributed by atoms with Crippen molar-refractivity contribution in [3.05, 3.63) is 0 Å². The molecule has 0 aliphatic carbocycles. The van der Waals surface area contributed by atoms with Crippen LogP contribution in [0.4, 0.5) is 0 Å². The summed E-state index contributed by atoms with van der Waals surface area (Å²) in [6.07, 6.45) is -16.7. The Balaban J connectivity index is -0.000000208. The van der Waals surface area contributed by atoms with Crippen molar-refractivity contribution >= 4 is 12.6 Å². The molecular formula is C19H42O19. The van der Waals surface area contributed by atoms with Gasteiger partial charge in [0.15, 0.2) is 12.6 Å². The van der Waals surface area contributed by atoms with Gasteiger partial charge >= 0.3 is 0 Å². The van der Waals surface area contributed by atoms with Crippen molar-refractivity contribution in [1.82, 2.24) is 0 Å². The lowest BCUT2D eigenvalue weighted by Crippen LogP contribution is -2.46. The van der Waals surface area contributed by atoms with Gasteiger partial charge in [0.25, 0.3) is 0 Å². The quantitative estimate of drug-likeness (QED) is 0.0806. The zero-order valence-electron chi connectivity index (χ0n) is 20.2. The van der Waals surface area contributed by atoms with E-state index in [2.05, 4.69) is 0 Å². The molecule has 0 aliphatic rings. The zero-order valence-corrected chi connectivity index (χ0v) is 20.2. The van der Waals surface area contributed by atoms with Crippen molar-refractivity contribution in [2.45, 2.75) is 67.1 Å². The normalized spacial score (nSPS) is 18.7. The maximum Gasteiger partial charge on any atom is 0.151 e. The van der Waals surface area contributed by atoms with Crippen molar-refractivity contribution in [3.63, 3.8) is 0 Å². The highest BCUT2D eigenvalue weighted by Crippen LogP contribution is 2.03. The van der Waals surface area contributed by atoms with Gasteiger partial charge in [-0.25, -0.2) is 0 Å². The SMILES string of the molecule is O=CC(O)C(O)C(O)C(O)CO.O=CC(O)C(O)C(O)CO.OCC(O)C(O)C(O)CO.OCC(O)CO. The van der Waals surface area contributed by atoms with E-state index in [1.54, 1.807) is 0 Å². The number of rotatable bonds is 15. The fraction of sp³-hybridized carbons (Fsp3) is 0.895. The van der Waals surface area contributed by atoms with Gasteiger partial charge in [0, 0.05) is 0 Å². The smallest absolute Gasteiger partial charge is 0.151 e. The molecule has 0 radical (unpaired) electrons. The number of aliphatic hydroxyl groups excluding tert-OH is 17. The second-order valence-electron chi connectivity index (χ2n) is 7.23. The number of hydrogen-bond acceptors (Lipinski definition) is 19. The van der Waals surface area contributed by atoms with E-state index in [-0.39, 0.29) is 25.8 Å². The molecule has 0 amide bonds. The first-order chi connectivity index (χ1) is 17.6. The van der Waals surface area contributed by atoms with Crippen LogP contribution in [0.1, 0.15) is 0 Å². The summed E-state index contributed by atoms with van der Waals surface area (Å²) in [7, 11) is 0. The summed E-state index contributed by atoms with van der Waals surface area (Å²) in [5.74, 6) is 0. The van der Waals surface area contributed by atoms with Crippen LogP contribution in [-0.4, -0.2) is 206 Å². The summed E-state index contributed by atoms with van der Waals surface area (Å²) in [6, 6.07) is 0. The lowest BCUT2D eigenvalue weighted by molar-refractivity contribution is -0.136. The fourth-order valence-corrected chi connectivity index (χ4v) is 1.56. The van der Waals surface area contributed by atoms with Crippen molar-refractivity contribution in [1.29, 1.82) is 0 Å². The Morgan fingerprint density at radius 3 is 0.868 bits per heavy atom. The number of aliphatic hydroxyl groups is 17. The molecule has 38 heavy (non-hydrogen) atoms. The van der Waals surface area contributed by atoms with Crippen LogP contribution in [-0.2, 0) is 9.59 Å². The van der Waals surface area contributed by atoms with Crippen LogP contribution in [0.3, 0.4) is 0 Å². The van der Waals surface area contributed by atoms with E-state index in [4.69, 9.17) is 86.8 Å². The topological polar surface area (TPSA) is 378 Å². The molecule has 0 aromatic rings. The molecular weight excluding hydrogens is 532 g/mol. The standard InChI is InChI=1S/C6H12O6.C5H12O5.C5H10O5.C3H8O3/c7-1-3(9)5(11)6(12)4(10)2-8;2*6-1-3(8)5(10)4(9)2-7;4-1-3(6)2-5/h1,3-6,8-12H,2H2;3-10H,1-2H2;1,3-5,7-10H,2H2;3-6H,1-2H2. The van der Waals surface area contributed by atoms with Crippen molar-refractivity contribution in [2.75, 3.05) is 39.6 Å². The van der Waals surface area contributed by atoms with E-state index in [0.717, 1.165) is 0 Å². The summed E-state index contributed by atoms with van der Waals surface area (Å²) >= 11 is 0. The van der Waals surface area contributed by atoms with Gasteiger partial charge in [-0.3, -0.25) is 0 Å². The van der Waals surface area contributed by atoms with Gasteiger partial charge in [-0.1, -0.05) is 0 Å². The van der Waals surface area contributed by atoms with Crippen LogP contribution >= 0.6 is 0 Å². The predicted octanol–water partition coefficient (Wildman–Crippen LogP) is -10.7. The molecule has 19 heteroatoms. The molecule has 0 saturated heterocycles. The van der Waals surface area contributed by atoms with E-state index in [1.165, 1.54) is 0 Å². The lowest BCUT2D eigenvalue weighted by Gasteiger charge is -2.22. The molecule has 17 N–H and O–H groups in total. The average Bonchev–Trinajstić information content (AvgIpc) is 2.96. The molecule has 0 aromatic heterocycles. The Hall–Kier alpha value is -1.34. The Morgan fingerprint density at radius 1 is 0.368 bits per heavy atom. The molecule has 0 fully saturated rings. The van der Waals surface area contributed by atoms with Gasteiger partial charge in [0.05, 0.1) is 39.6 Å². The fourth-order valence-electron chi connectivity index (χ4n) is 1.56. The van der Waals surface area contributed by atoms with E-state index >= 15 is 0 Å². The molecule has 9 unspecified atom stereocenters. The summed E-state index contributed by atoms with van der Waals surface area (Å²) in [5.41, 5.74) is 0. The molecule has 0 spiro atoms. The third-order valence-corrected chi connectivity index (χ3v) is 4.08. The number of aldehydes is 2. The first-order valence-corrected chi connectivity index (χ1v) is 10.7. The summed E-state index contributed by atoms with van der Waals surface area (Å²) in [6.45, 7) is -3.46. The van der Waals surface area contributed by atoms with Gasteiger partial charge in [-0.2, -0.15) is 0 Å². The number of carbonyl (C=O) groups is 2. The van der Waals surface area contributed by atoms with Crippen LogP contribution in [0.25, 0.3) is 0 Å². The zero-order chi connectivity index (χ0) is 31.0. The monoisotopic (exact) mass is 574 g/mol. The van der Waals surface area contributed by atoms with Gasteiger partial charge in [0.2, 0.25) is 0 Å². The van der Waals surface area contributed by atoms with E-state index in [9.17, 15) is 9.59 Å². The summed E-state index contributed by atoms with van der Waals surface area (Å²) in [4.78, 5) is 19.7. The molecule has 0 heterocycles. The second-order valence-corrected chi connectivity index (χ2v) is 7.23. The average molecular weight is 575 g/mol. The maximum absolute atomic E-state index is 9.90. The number of carbonyl (C=O) groups excluding carboxylic acids is 2. The van der Waals surface area contributed by atoms with Crippen LogP contribution in [0, 0.1) is 0 Å². The van der Waals surface area contributed by atoms with Gasteiger partial charge in [-0.15, -0.1) is 0 Å². The molecule has 0 rings (SSSR count). The van der Waals surface area contributed by atoms with Gasteiger partial charge in [-0.05, 0) is 0 Å². The lowest BCUT2D eigenvalue weighted by atomic mass is 10.0. The minimum Gasteiger partial charge on any atom is -0.394 e. The molecule has 19 nitrogen and oxygen atoms in total. The Labute approximate surface area is 216 Å². The molecule has 9 atom stereocenters. The molecule has 0 bridgehead atoms. The number of hydrogen-bond donors (Lipinski definition) is 17. The largest absolute Gasteiger partial charge is 0.394 e. The first-order valence-electron chi connectivity index (χ1n) is 10.7. The van der Waals surface area contributed by atoms with Crippen LogP contribution in [0.15, 0.2) is 0 Å². The Kier molecular flexibility index (Phi) is 31.3. The maximum atomic E-state index is 9.90. The van der Waals surface area contributed by atoms with Crippen molar-refractivity contribution in [3.8, 4) is 0 Å².